The second-order valence-corrected chi connectivity index (χ2v) is 5.10. The smallest absolute Gasteiger partial charge is 0.268 e. The maximum Gasteiger partial charge on any atom is 0.268 e. The van der Waals surface area contributed by atoms with E-state index in [2.05, 4.69) is 0 Å². The molecule has 0 saturated heterocycles. The van der Waals surface area contributed by atoms with Gasteiger partial charge >= 0.3 is 0 Å². The van der Waals surface area contributed by atoms with E-state index in [-0.39, 0.29) is 12.5 Å². The number of anilines is 1. The first-order valence-electron chi connectivity index (χ1n) is 6.26. The van der Waals surface area contributed by atoms with Gasteiger partial charge in [0.2, 0.25) is 5.91 Å². The third-order valence-corrected chi connectivity index (χ3v) is 3.64. The summed E-state index contributed by atoms with van der Waals surface area (Å²) in [5, 5.41) is 0.549. The van der Waals surface area contributed by atoms with Gasteiger partial charge in [0.1, 0.15) is 5.76 Å². The highest BCUT2D eigenvalue weighted by atomic mass is 35.5. The minimum Gasteiger partial charge on any atom is -0.467 e. The number of nitrogens with zero attached hydrogens (tertiary/aromatic N) is 1. The number of furan rings is 1. The zero-order valence-electron chi connectivity index (χ0n) is 10.9. The predicted octanol–water partition coefficient (Wildman–Crippen LogP) is 1.63. The fourth-order valence-electron chi connectivity index (χ4n) is 2.39. The molecule has 2 amide bonds. The lowest BCUT2D eigenvalue weighted by Gasteiger charge is -2.17. The number of nitrogen functional groups attached to an aromatic ring is 1. The van der Waals surface area contributed by atoms with Crippen molar-refractivity contribution in [2.45, 2.75) is 13.0 Å². The average Bonchev–Trinajstić information content (AvgIpc) is 3.04. The van der Waals surface area contributed by atoms with Gasteiger partial charge in [-0.2, -0.15) is 0 Å². The molecule has 0 atom stereocenters. The highest BCUT2D eigenvalue weighted by molar-refractivity contribution is 6.31. The second kappa shape index (κ2) is 5.23. The average molecular weight is 306 g/mol. The lowest BCUT2D eigenvalue weighted by Crippen LogP contribution is -2.32. The Morgan fingerprint density at radius 1 is 1.43 bits per heavy atom. The van der Waals surface area contributed by atoms with Crippen LogP contribution in [0, 0.1) is 0 Å². The van der Waals surface area contributed by atoms with Gasteiger partial charge in [-0.05, 0) is 23.8 Å². The number of nitrogens with one attached hydrogen (secondary N) is 1. The van der Waals surface area contributed by atoms with Crippen LogP contribution in [0.2, 0.25) is 5.02 Å². The van der Waals surface area contributed by atoms with Crippen LogP contribution in [0.4, 0.5) is 5.69 Å². The SMILES string of the molecule is NNC(=O)c1ccoc1CN1C(=O)Cc2ccc(Cl)cc21. The number of hydrogen-bond acceptors (Lipinski definition) is 4. The van der Waals surface area contributed by atoms with Crippen molar-refractivity contribution in [1.29, 1.82) is 0 Å². The number of benzene rings is 1. The number of hydrogen-bond donors (Lipinski definition) is 2. The molecule has 0 unspecified atom stereocenters. The molecule has 1 aliphatic rings. The van der Waals surface area contributed by atoms with Crippen LogP contribution in [0.25, 0.3) is 0 Å². The van der Waals surface area contributed by atoms with Gasteiger partial charge in [-0.1, -0.05) is 17.7 Å². The Hall–Kier alpha value is -2.31. The quantitative estimate of drug-likeness (QED) is 0.512. The number of carbonyl (C=O) groups excluding carboxylic acids is 2. The fourth-order valence-corrected chi connectivity index (χ4v) is 2.56. The number of amides is 2. The normalized spacial score (nSPS) is 13.4. The minimum atomic E-state index is -0.461. The molecule has 0 bridgehead atoms. The summed E-state index contributed by atoms with van der Waals surface area (Å²) in [6, 6.07) is 6.81. The van der Waals surface area contributed by atoms with E-state index < -0.39 is 5.91 Å². The second-order valence-electron chi connectivity index (χ2n) is 4.66. The van der Waals surface area contributed by atoms with Crippen LogP contribution >= 0.6 is 11.6 Å². The van der Waals surface area contributed by atoms with Crippen molar-refractivity contribution in [3.63, 3.8) is 0 Å². The first kappa shape index (κ1) is 13.7. The van der Waals surface area contributed by atoms with E-state index >= 15 is 0 Å². The summed E-state index contributed by atoms with van der Waals surface area (Å²) in [7, 11) is 0. The molecule has 108 valence electrons. The summed E-state index contributed by atoms with van der Waals surface area (Å²) in [4.78, 5) is 25.3. The predicted molar refractivity (Wildman–Crippen MR) is 76.7 cm³/mol. The number of hydrazine groups is 1. The van der Waals surface area contributed by atoms with Crippen molar-refractivity contribution in [1.82, 2.24) is 5.43 Å². The molecule has 0 spiro atoms. The third kappa shape index (κ3) is 2.39. The highest BCUT2D eigenvalue weighted by Crippen LogP contribution is 2.33. The lowest BCUT2D eigenvalue weighted by atomic mass is 10.2. The van der Waals surface area contributed by atoms with Gasteiger partial charge in [-0.25, -0.2) is 5.84 Å². The molecule has 2 heterocycles. The first-order valence-corrected chi connectivity index (χ1v) is 6.64. The van der Waals surface area contributed by atoms with Crippen molar-refractivity contribution < 1.29 is 14.0 Å². The van der Waals surface area contributed by atoms with Crippen molar-refractivity contribution >= 4 is 29.1 Å². The van der Waals surface area contributed by atoms with Crippen molar-refractivity contribution in [2.75, 3.05) is 4.90 Å². The summed E-state index contributed by atoms with van der Waals surface area (Å²) >= 11 is 5.98. The Morgan fingerprint density at radius 3 is 3.00 bits per heavy atom. The Morgan fingerprint density at radius 2 is 2.24 bits per heavy atom. The molecule has 1 aromatic heterocycles. The Balaban J connectivity index is 1.93. The highest BCUT2D eigenvalue weighted by Gasteiger charge is 2.29. The summed E-state index contributed by atoms with van der Waals surface area (Å²) in [5.41, 5.74) is 4.00. The molecule has 0 fully saturated rings. The van der Waals surface area contributed by atoms with Gasteiger partial charge in [0.05, 0.1) is 24.8 Å². The maximum atomic E-state index is 12.1. The molecule has 0 saturated carbocycles. The van der Waals surface area contributed by atoms with Crippen molar-refractivity contribution in [2.24, 2.45) is 5.84 Å². The van der Waals surface area contributed by atoms with E-state index in [9.17, 15) is 9.59 Å². The largest absolute Gasteiger partial charge is 0.467 e. The maximum absolute atomic E-state index is 12.1. The Bertz CT molecular complexity index is 726. The molecule has 1 aromatic carbocycles. The zero-order valence-corrected chi connectivity index (χ0v) is 11.7. The van der Waals surface area contributed by atoms with E-state index in [4.69, 9.17) is 21.9 Å². The van der Waals surface area contributed by atoms with Gasteiger partial charge in [0, 0.05) is 10.7 Å². The van der Waals surface area contributed by atoms with Crippen LogP contribution in [-0.2, 0) is 17.8 Å². The van der Waals surface area contributed by atoms with Gasteiger partial charge in [-0.15, -0.1) is 0 Å². The van der Waals surface area contributed by atoms with Crippen LogP contribution < -0.4 is 16.2 Å². The molecule has 0 aliphatic carbocycles. The van der Waals surface area contributed by atoms with Crippen LogP contribution in [-0.4, -0.2) is 11.8 Å². The van der Waals surface area contributed by atoms with E-state index in [1.807, 2.05) is 11.5 Å². The number of rotatable bonds is 3. The molecule has 0 radical (unpaired) electrons. The van der Waals surface area contributed by atoms with E-state index in [0.29, 0.717) is 22.8 Å². The first-order chi connectivity index (χ1) is 10.1. The van der Waals surface area contributed by atoms with Crippen LogP contribution in [0.5, 0.6) is 0 Å². The molecule has 6 nitrogen and oxygen atoms in total. The van der Waals surface area contributed by atoms with E-state index in [1.54, 1.807) is 17.0 Å². The monoisotopic (exact) mass is 305 g/mol. The standard InChI is InChI=1S/C14H12ClN3O3/c15-9-2-1-8-5-13(19)18(11(8)6-9)7-12-10(3-4-21-12)14(20)17-16/h1-4,6H,5,7,16H2,(H,17,20). The van der Waals surface area contributed by atoms with Gasteiger partial charge in [0.15, 0.2) is 0 Å². The van der Waals surface area contributed by atoms with Gasteiger partial charge < -0.3 is 9.32 Å². The van der Waals surface area contributed by atoms with Gasteiger partial charge in [-0.3, -0.25) is 15.0 Å². The number of carbonyl (C=O) groups is 2. The van der Waals surface area contributed by atoms with Crippen molar-refractivity contribution in [3.8, 4) is 0 Å². The summed E-state index contributed by atoms with van der Waals surface area (Å²) in [6.45, 7) is 0.155. The van der Waals surface area contributed by atoms with E-state index in [0.717, 1.165) is 11.3 Å². The molecular formula is C14H12ClN3O3. The summed E-state index contributed by atoms with van der Waals surface area (Å²) < 4.78 is 5.30. The molecule has 7 heteroatoms. The third-order valence-electron chi connectivity index (χ3n) is 3.40. The molecule has 3 N–H and O–H groups in total. The van der Waals surface area contributed by atoms with Gasteiger partial charge in [0.25, 0.3) is 5.91 Å². The van der Waals surface area contributed by atoms with E-state index in [1.165, 1.54) is 12.3 Å². The van der Waals surface area contributed by atoms with Crippen LogP contribution in [0.1, 0.15) is 21.7 Å². The Labute approximate surface area is 125 Å². The summed E-state index contributed by atoms with van der Waals surface area (Å²) in [6.07, 6.45) is 1.70. The zero-order chi connectivity index (χ0) is 15.0. The number of fused-ring (bicyclic) bond motifs is 1. The molecule has 3 rings (SSSR count). The Kier molecular flexibility index (Phi) is 3.40. The molecule has 1 aliphatic heterocycles. The van der Waals surface area contributed by atoms with Crippen LogP contribution in [0.3, 0.4) is 0 Å². The topological polar surface area (TPSA) is 88.6 Å². The molecule has 21 heavy (non-hydrogen) atoms. The fraction of sp³-hybridized carbons (Fsp3) is 0.143. The summed E-state index contributed by atoms with van der Waals surface area (Å²) in [5.74, 6) is 4.97. The molecular weight excluding hydrogens is 294 g/mol. The number of nitrogens with two attached hydrogens (primary N) is 1. The molecule has 2 aromatic rings. The van der Waals surface area contributed by atoms with Crippen molar-refractivity contribution in [3.05, 3.63) is 52.4 Å². The van der Waals surface area contributed by atoms with Crippen LogP contribution in [0.15, 0.2) is 34.9 Å². The minimum absolute atomic E-state index is 0.0669. The number of halogens is 1. The lowest BCUT2D eigenvalue weighted by molar-refractivity contribution is -0.117.